The molecule has 0 amide bonds. The van der Waals surface area contributed by atoms with Gasteiger partial charge in [-0.2, -0.15) is 0 Å². The number of hydrogen-bond donors (Lipinski definition) is 1. The van der Waals surface area contributed by atoms with Gasteiger partial charge in [0.2, 0.25) is 0 Å². The number of hydrogen-bond acceptors (Lipinski definition) is 1. The number of carboxylic acids is 1. The SMILES string of the molecule is CCCC(=O)O.O.[H-].[H-].[K+].[Li+]. The molecule has 5 heteroatoms. The number of aliphatic carboxylic acids is 1. The van der Waals surface area contributed by atoms with E-state index in [1.54, 1.807) is 0 Å². The third kappa shape index (κ3) is 26.1. The van der Waals surface area contributed by atoms with Crippen LogP contribution in [0.5, 0.6) is 0 Å². The predicted molar refractivity (Wildman–Crippen MR) is 28.4 cm³/mol. The molecule has 0 aliphatic carbocycles. The van der Waals surface area contributed by atoms with Crippen molar-refractivity contribution < 1.29 is 88.5 Å². The summed E-state index contributed by atoms with van der Waals surface area (Å²) in [4.78, 5) is 9.60. The first-order valence-corrected chi connectivity index (χ1v) is 1.99. The van der Waals surface area contributed by atoms with Crippen molar-refractivity contribution in [3.05, 3.63) is 0 Å². The molecule has 0 spiro atoms. The van der Waals surface area contributed by atoms with E-state index in [-0.39, 0.29) is 78.6 Å². The third-order valence-electron chi connectivity index (χ3n) is 0.464. The van der Waals surface area contributed by atoms with Gasteiger partial charge in [0, 0.05) is 6.42 Å². The maximum atomic E-state index is 9.60. The van der Waals surface area contributed by atoms with Crippen LogP contribution in [0.4, 0.5) is 0 Å². The molecule has 0 saturated carbocycles. The summed E-state index contributed by atoms with van der Waals surface area (Å²) in [6.07, 6.45) is 1.02. The monoisotopic (exact) mass is 154 g/mol. The van der Waals surface area contributed by atoms with E-state index in [1.807, 2.05) is 6.92 Å². The van der Waals surface area contributed by atoms with E-state index >= 15 is 0 Å². The van der Waals surface area contributed by atoms with E-state index < -0.39 is 5.97 Å². The fraction of sp³-hybridized carbons (Fsp3) is 0.750. The Balaban J connectivity index is -0.0000000125. The Morgan fingerprint density at radius 2 is 2.00 bits per heavy atom. The van der Waals surface area contributed by atoms with Gasteiger partial charge in [0.05, 0.1) is 0 Å². The van der Waals surface area contributed by atoms with Crippen LogP contribution in [0.3, 0.4) is 0 Å². The quantitative estimate of drug-likeness (QED) is 0.403. The Bertz CT molecular complexity index is 67.3. The van der Waals surface area contributed by atoms with Gasteiger partial charge in [-0.15, -0.1) is 0 Å². The van der Waals surface area contributed by atoms with Crippen molar-refractivity contribution in [2.24, 2.45) is 0 Å². The fourth-order valence-corrected chi connectivity index (χ4v) is 0.214. The summed E-state index contributed by atoms with van der Waals surface area (Å²) in [5.41, 5.74) is 0. The van der Waals surface area contributed by atoms with Gasteiger partial charge < -0.3 is 13.4 Å². The van der Waals surface area contributed by atoms with Gasteiger partial charge in [0.15, 0.2) is 0 Å². The van der Waals surface area contributed by atoms with Crippen molar-refractivity contribution in [1.82, 2.24) is 0 Å². The maximum Gasteiger partial charge on any atom is 1.00 e. The molecule has 3 nitrogen and oxygen atoms in total. The summed E-state index contributed by atoms with van der Waals surface area (Å²) in [6.45, 7) is 1.84. The topological polar surface area (TPSA) is 68.8 Å². The second kappa shape index (κ2) is 16.3. The van der Waals surface area contributed by atoms with Crippen LogP contribution in [0.1, 0.15) is 22.6 Å². The normalized spacial score (nSPS) is 5.44. The van der Waals surface area contributed by atoms with Gasteiger partial charge in [0.1, 0.15) is 0 Å². The standard InChI is InChI=1S/C4H8O2.K.Li.H2O.2H/c1-2-3-4(5)6;;;;;/h2-3H2,1H3,(H,5,6);;;1H2;;/q;2*+1;;2*-1. The average Bonchev–Trinajstić information content (AvgIpc) is 1.35. The molecule has 0 aromatic rings. The largest absolute Gasteiger partial charge is 1.00 e. The molecule has 9 heavy (non-hydrogen) atoms. The predicted octanol–water partition coefficient (Wildman–Crippen LogP) is -5.72. The zero-order valence-corrected chi connectivity index (χ0v) is 9.39. The van der Waals surface area contributed by atoms with Crippen molar-refractivity contribution in [3.63, 3.8) is 0 Å². The third-order valence-corrected chi connectivity index (χ3v) is 0.464. The molecule has 0 rings (SSSR count). The molecule has 0 fully saturated rings. The van der Waals surface area contributed by atoms with E-state index in [2.05, 4.69) is 0 Å². The van der Waals surface area contributed by atoms with Crippen LogP contribution >= 0.6 is 0 Å². The Hall–Kier alpha value is 1.66. The summed E-state index contributed by atoms with van der Waals surface area (Å²) in [5.74, 6) is -0.711. The van der Waals surface area contributed by atoms with Crippen molar-refractivity contribution in [2.75, 3.05) is 0 Å². The molecule has 0 saturated heterocycles. The Labute approximate surface area is 112 Å². The summed E-state index contributed by atoms with van der Waals surface area (Å²) in [5, 5.41) is 7.91. The van der Waals surface area contributed by atoms with Crippen molar-refractivity contribution in [3.8, 4) is 0 Å². The summed E-state index contributed by atoms with van der Waals surface area (Å²) in [7, 11) is 0. The van der Waals surface area contributed by atoms with Crippen LogP contribution in [-0.4, -0.2) is 16.6 Å². The van der Waals surface area contributed by atoms with E-state index in [1.165, 1.54) is 0 Å². The summed E-state index contributed by atoms with van der Waals surface area (Å²) >= 11 is 0. The molecule has 0 unspecified atom stereocenters. The van der Waals surface area contributed by atoms with Gasteiger partial charge in [-0.05, 0) is 6.42 Å². The first-order valence-electron chi connectivity index (χ1n) is 1.99. The number of carbonyl (C=O) groups is 1. The van der Waals surface area contributed by atoms with E-state index in [0.717, 1.165) is 6.42 Å². The molecular weight excluding hydrogens is 142 g/mol. The molecular formula is C4H12KLiO3. The van der Waals surface area contributed by atoms with Gasteiger partial charge in [-0.3, -0.25) is 4.79 Å². The van der Waals surface area contributed by atoms with Gasteiger partial charge in [0.25, 0.3) is 0 Å². The Morgan fingerprint density at radius 3 is 2.00 bits per heavy atom. The second-order valence-electron chi connectivity index (χ2n) is 1.14. The van der Waals surface area contributed by atoms with Crippen LogP contribution in [0.25, 0.3) is 0 Å². The van der Waals surface area contributed by atoms with Gasteiger partial charge >= 0.3 is 76.2 Å². The first kappa shape index (κ1) is 22.4. The molecule has 0 aromatic carbocycles. The molecule has 0 atom stereocenters. The molecule has 0 aliphatic rings. The second-order valence-corrected chi connectivity index (χ2v) is 1.14. The average molecular weight is 154 g/mol. The van der Waals surface area contributed by atoms with Gasteiger partial charge in [-0.1, -0.05) is 6.92 Å². The molecule has 0 heterocycles. The molecule has 48 valence electrons. The summed E-state index contributed by atoms with van der Waals surface area (Å²) < 4.78 is 0. The zero-order chi connectivity index (χ0) is 4.99. The van der Waals surface area contributed by atoms with Crippen molar-refractivity contribution >= 4 is 5.97 Å². The Morgan fingerprint density at radius 1 is 1.67 bits per heavy atom. The molecule has 0 bridgehead atoms. The molecule has 0 aromatic heterocycles. The number of rotatable bonds is 2. The fourth-order valence-electron chi connectivity index (χ4n) is 0.214. The molecule has 3 N–H and O–H groups in total. The maximum absolute atomic E-state index is 9.60. The van der Waals surface area contributed by atoms with Crippen LogP contribution in [-0.2, 0) is 4.79 Å². The van der Waals surface area contributed by atoms with Gasteiger partial charge in [-0.25, -0.2) is 0 Å². The van der Waals surface area contributed by atoms with Crippen LogP contribution in [0.15, 0.2) is 0 Å². The van der Waals surface area contributed by atoms with E-state index in [0.29, 0.717) is 6.42 Å². The van der Waals surface area contributed by atoms with Crippen molar-refractivity contribution in [2.45, 2.75) is 19.8 Å². The minimum Gasteiger partial charge on any atom is -1.00 e. The first-order chi connectivity index (χ1) is 2.77. The van der Waals surface area contributed by atoms with Crippen LogP contribution in [0, 0.1) is 0 Å². The Kier molecular flexibility index (Phi) is 40.7. The minimum atomic E-state index is -0.711. The van der Waals surface area contributed by atoms with E-state index in [4.69, 9.17) is 5.11 Å². The number of carboxylic acid groups (broad SMARTS) is 1. The molecule has 0 radical (unpaired) electrons. The minimum absolute atomic E-state index is 0. The van der Waals surface area contributed by atoms with Crippen LogP contribution < -0.4 is 70.2 Å². The zero-order valence-electron chi connectivity index (χ0n) is 8.27. The summed E-state index contributed by atoms with van der Waals surface area (Å²) in [6, 6.07) is 0. The smallest absolute Gasteiger partial charge is 1.00 e. The van der Waals surface area contributed by atoms with Crippen LogP contribution in [0.2, 0.25) is 0 Å². The van der Waals surface area contributed by atoms with E-state index in [9.17, 15) is 4.79 Å². The molecule has 0 aliphatic heterocycles. The van der Waals surface area contributed by atoms with Crippen molar-refractivity contribution in [1.29, 1.82) is 0 Å².